The summed E-state index contributed by atoms with van der Waals surface area (Å²) in [6.45, 7) is 3.54. The summed E-state index contributed by atoms with van der Waals surface area (Å²) in [7, 11) is 0. The van der Waals surface area contributed by atoms with Crippen molar-refractivity contribution < 1.29 is 18.3 Å². The maximum absolute atomic E-state index is 13.2. The van der Waals surface area contributed by atoms with Gasteiger partial charge in [-0.1, -0.05) is 19.1 Å². The number of hydrogen-bond donors (Lipinski definition) is 1. The second-order valence-electron chi connectivity index (χ2n) is 5.61. The zero-order valence-corrected chi connectivity index (χ0v) is 13.8. The molecule has 5 nitrogen and oxygen atoms in total. The molecule has 0 amide bonds. The maximum Gasteiger partial charge on any atom is 0.452 e. The van der Waals surface area contributed by atoms with Gasteiger partial charge in [-0.25, -0.2) is 4.98 Å². The normalized spacial score (nSPS) is 15.1. The number of aromatic nitrogens is 4. The summed E-state index contributed by atoms with van der Waals surface area (Å²) >= 11 is 1.26. The van der Waals surface area contributed by atoms with E-state index >= 15 is 0 Å². The Bertz CT molecular complexity index is 878. The lowest BCUT2D eigenvalue weighted by Gasteiger charge is -2.14. The molecular formula is C15H15F3N4OS. The number of nitrogens with zero attached hydrogens (tertiary/aromatic N) is 4. The minimum absolute atomic E-state index is 0.0340. The molecule has 2 aromatic heterocycles. The third-order valence-electron chi connectivity index (χ3n) is 3.76. The Labute approximate surface area is 139 Å². The van der Waals surface area contributed by atoms with Gasteiger partial charge in [0.1, 0.15) is 5.03 Å². The molecule has 0 radical (unpaired) electrons. The average molecular weight is 356 g/mol. The van der Waals surface area contributed by atoms with E-state index in [1.165, 1.54) is 11.8 Å². The van der Waals surface area contributed by atoms with Crippen molar-refractivity contribution in [3.63, 3.8) is 0 Å². The highest BCUT2D eigenvalue weighted by molar-refractivity contribution is 7.99. The van der Waals surface area contributed by atoms with E-state index in [9.17, 15) is 18.3 Å². The van der Waals surface area contributed by atoms with E-state index in [0.717, 1.165) is 4.40 Å². The first-order valence-electron chi connectivity index (χ1n) is 7.31. The quantitative estimate of drug-likeness (QED) is 0.726. The lowest BCUT2D eigenvalue weighted by atomic mass is 10.1. The smallest absolute Gasteiger partial charge is 0.393 e. The van der Waals surface area contributed by atoms with Crippen molar-refractivity contribution >= 4 is 28.4 Å². The molecule has 0 saturated carbocycles. The van der Waals surface area contributed by atoms with E-state index in [-0.39, 0.29) is 11.6 Å². The van der Waals surface area contributed by atoms with Crippen LogP contribution in [0.4, 0.5) is 13.2 Å². The Morgan fingerprint density at radius 1 is 1.21 bits per heavy atom. The number of halogens is 3. The summed E-state index contributed by atoms with van der Waals surface area (Å²) < 4.78 is 40.7. The van der Waals surface area contributed by atoms with E-state index in [1.807, 2.05) is 6.92 Å². The van der Waals surface area contributed by atoms with Gasteiger partial charge >= 0.3 is 6.18 Å². The van der Waals surface area contributed by atoms with Crippen molar-refractivity contribution in [2.75, 3.05) is 5.75 Å². The zero-order chi connectivity index (χ0) is 17.5. The summed E-state index contributed by atoms with van der Waals surface area (Å²) in [6, 6.07) is 6.56. The SMILES string of the molecule is CC(O)C(C)CSc1nc2ccccc2n2c(C(F)(F)F)nnc12. The van der Waals surface area contributed by atoms with Gasteiger partial charge in [-0.3, -0.25) is 4.40 Å². The van der Waals surface area contributed by atoms with Gasteiger partial charge in [0, 0.05) is 5.75 Å². The van der Waals surface area contributed by atoms with Crippen molar-refractivity contribution in [1.82, 2.24) is 19.6 Å². The fraction of sp³-hybridized carbons (Fsp3) is 0.400. The van der Waals surface area contributed by atoms with Crippen LogP contribution in [0, 0.1) is 5.92 Å². The first-order valence-corrected chi connectivity index (χ1v) is 8.29. The molecule has 0 saturated heterocycles. The maximum atomic E-state index is 13.2. The Morgan fingerprint density at radius 3 is 2.58 bits per heavy atom. The Balaban J connectivity index is 2.17. The topological polar surface area (TPSA) is 63.3 Å². The Hall–Kier alpha value is -1.87. The number of aliphatic hydroxyl groups is 1. The monoisotopic (exact) mass is 356 g/mol. The molecule has 0 aliphatic heterocycles. The predicted octanol–water partition coefficient (Wildman–Crippen LogP) is 3.41. The molecule has 0 spiro atoms. The molecule has 24 heavy (non-hydrogen) atoms. The lowest BCUT2D eigenvalue weighted by Crippen LogP contribution is -2.15. The van der Waals surface area contributed by atoms with Gasteiger partial charge in [-0.2, -0.15) is 13.2 Å². The highest BCUT2D eigenvalue weighted by Crippen LogP contribution is 2.33. The van der Waals surface area contributed by atoms with Crippen LogP contribution >= 0.6 is 11.8 Å². The van der Waals surface area contributed by atoms with Crippen molar-refractivity contribution in [1.29, 1.82) is 0 Å². The molecule has 0 aliphatic carbocycles. The van der Waals surface area contributed by atoms with E-state index < -0.39 is 18.1 Å². The Kier molecular flexibility index (Phi) is 4.39. The van der Waals surface area contributed by atoms with Crippen molar-refractivity contribution in [3.05, 3.63) is 30.1 Å². The number of benzene rings is 1. The standard InChI is InChI=1S/C15H15F3N4OS/c1-8(9(2)23)7-24-13-12-20-21-14(15(16,17)18)22(12)11-6-4-3-5-10(11)19-13/h3-6,8-9,23H,7H2,1-2H3. The third kappa shape index (κ3) is 3.05. The van der Waals surface area contributed by atoms with Gasteiger partial charge in [0.2, 0.25) is 5.82 Å². The van der Waals surface area contributed by atoms with Gasteiger partial charge in [-0.15, -0.1) is 22.0 Å². The number of fused-ring (bicyclic) bond motifs is 3. The zero-order valence-electron chi connectivity index (χ0n) is 12.9. The fourth-order valence-corrected chi connectivity index (χ4v) is 3.31. The van der Waals surface area contributed by atoms with Crippen LogP contribution < -0.4 is 0 Å². The second-order valence-corrected chi connectivity index (χ2v) is 6.62. The minimum Gasteiger partial charge on any atom is -0.393 e. The third-order valence-corrected chi connectivity index (χ3v) is 5.00. The van der Waals surface area contributed by atoms with Crippen LogP contribution in [0.5, 0.6) is 0 Å². The molecule has 0 bridgehead atoms. The molecule has 3 aromatic rings. The Morgan fingerprint density at radius 2 is 1.92 bits per heavy atom. The molecular weight excluding hydrogens is 341 g/mol. The first kappa shape index (κ1) is 17.0. The van der Waals surface area contributed by atoms with Crippen LogP contribution in [-0.2, 0) is 6.18 Å². The number of rotatable bonds is 4. The molecule has 3 rings (SSSR count). The summed E-state index contributed by atoms with van der Waals surface area (Å²) in [5.41, 5.74) is 0.809. The molecule has 2 heterocycles. The van der Waals surface area contributed by atoms with Gasteiger partial charge < -0.3 is 5.11 Å². The number of alkyl halides is 3. The van der Waals surface area contributed by atoms with Gasteiger partial charge in [0.25, 0.3) is 0 Å². The highest BCUT2D eigenvalue weighted by atomic mass is 32.2. The minimum atomic E-state index is -4.61. The van der Waals surface area contributed by atoms with Gasteiger partial charge in [0.15, 0.2) is 5.65 Å². The van der Waals surface area contributed by atoms with Crippen molar-refractivity contribution in [2.45, 2.75) is 31.2 Å². The van der Waals surface area contributed by atoms with Crippen LogP contribution in [-0.4, -0.2) is 36.5 Å². The van der Waals surface area contributed by atoms with Crippen LogP contribution in [0.15, 0.2) is 29.3 Å². The number of aliphatic hydroxyl groups excluding tert-OH is 1. The summed E-state index contributed by atoms with van der Waals surface area (Å²) in [4.78, 5) is 4.42. The lowest BCUT2D eigenvalue weighted by molar-refractivity contribution is -0.145. The van der Waals surface area contributed by atoms with E-state index in [4.69, 9.17) is 0 Å². The number of hydrogen-bond acceptors (Lipinski definition) is 5. The summed E-state index contributed by atoms with van der Waals surface area (Å²) in [5.74, 6) is -0.595. The largest absolute Gasteiger partial charge is 0.452 e. The fourth-order valence-electron chi connectivity index (χ4n) is 2.19. The van der Waals surface area contributed by atoms with Gasteiger partial charge in [-0.05, 0) is 25.0 Å². The van der Waals surface area contributed by atoms with E-state index in [0.29, 0.717) is 21.8 Å². The molecule has 0 aliphatic rings. The number of thioether (sulfide) groups is 1. The van der Waals surface area contributed by atoms with E-state index in [1.54, 1.807) is 31.2 Å². The molecule has 1 N–H and O–H groups in total. The molecule has 1 aromatic carbocycles. The van der Waals surface area contributed by atoms with Crippen LogP contribution in [0.1, 0.15) is 19.7 Å². The summed E-state index contributed by atoms with van der Waals surface area (Å²) in [6.07, 6.45) is -5.13. The van der Waals surface area contributed by atoms with Crippen LogP contribution in [0.3, 0.4) is 0 Å². The average Bonchev–Trinajstić information content (AvgIpc) is 2.97. The van der Waals surface area contributed by atoms with Gasteiger partial charge in [0.05, 0.1) is 17.1 Å². The second kappa shape index (κ2) is 6.21. The number of para-hydroxylation sites is 2. The molecule has 128 valence electrons. The summed E-state index contributed by atoms with van der Waals surface area (Å²) in [5, 5.41) is 17.0. The highest BCUT2D eigenvalue weighted by Gasteiger charge is 2.38. The molecule has 2 unspecified atom stereocenters. The first-order chi connectivity index (χ1) is 11.3. The van der Waals surface area contributed by atoms with Crippen molar-refractivity contribution in [2.24, 2.45) is 5.92 Å². The molecule has 9 heteroatoms. The van der Waals surface area contributed by atoms with E-state index in [2.05, 4.69) is 15.2 Å². The predicted molar refractivity (Wildman–Crippen MR) is 84.9 cm³/mol. The molecule has 2 atom stereocenters. The van der Waals surface area contributed by atoms with Crippen LogP contribution in [0.25, 0.3) is 16.7 Å². The van der Waals surface area contributed by atoms with Crippen LogP contribution in [0.2, 0.25) is 0 Å². The van der Waals surface area contributed by atoms with Crippen molar-refractivity contribution in [3.8, 4) is 0 Å². The molecule has 0 fully saturated rings.